The highest BCUT2D eigenvalue weighted by Crippen LogP contribution is 2.17. The van der Waals surface area contributed by atoms with Gasteiger partial charge < -0.3 is 4.90 Å². The lowest BCUT2D eigenvalue weighted by Crippen LogP contribution is -2.50. The van der Waals surface area contributed by atoms with Crippen molar-refractivity contribution < 1.29 is 0 Å². The highest BCUT2D eigenvalue weighted by Gasteiger charge is 2.24. The van der Waals surface area contributed by atoms with E-state index >= 15 is 0 Å². The molecule has 0 bridgehead atoms. The Hall–Kier alpha value is -0.120. The summed E-state index contributed by atoms with van der Waals surface area (Å²) in [6.45, 7) is 9.26. The van der Waals surface area contributed by atoms with Crippen LogP contribution in [0, 0.1) is 5.92 Å². The fourth-order valence-electron chi connectivity index (χ4n) is 2.11. The molecule has 3 N–H and O–H groups in total. The molecule has 0 saturated carbocycles. The number of nitrogens with zero attached hydrogens (tertiary/aromatic N) is 1. The van der Waals surface area contributed by atoms with Crippen LogP contribution in [0.15, 0.2) is 0 Å². The van der Waals surface area contributed by atoms with Gasteiger partial charge in [-0.3, -0.25) is 11.3 Å². The van der Waals surface area contributed by atoms with Gasteiger partial charge in [-0.05, 0) is 32.2 Å². The molecule has 78 valence electrons. The molecule has 0 aromatic heterocycles. The second-order valence-corrected chi connectivity index (χ2v) is 4.63. The summed E-state index contributed by atoms with van der Waals surface area (Å²) < 4.78 is 0. The Morgan fingerprint density at radius 2 is 2.23 bits per heavy atom. The van der Waals surface area contributed by atoms with Crippen molar-refractivity contribution in [1.82, 2.24) is 10.3 Å². The summed E-state index contributed by atoms with van der Waals surface area (Å²) in [4.78, 5) is 2.57. The molecule has 0 aromatic rings. The molecule has 1 aliphatic heterocycles. The van der Waals surface area contributed by atoms with Crippen LogP contribution in [0.25, 0.3) is 0 Å². The van der Waals surface area contributed by atoms with Crippen molar-refractivity contribution in [3.8, 4) is 0 Å². The van der Waals surface area contributed by atoms with Gasteiger partial charge in [-0.1, -0.05) is 13.8 Å². The quantitative estimate of drug-likeness (QED) is 0.508. The van der Waals surface area contributed by atoms with Crippen LogP contribution < -0.4 is 11.3 Å². The number of nitrogens with one attached hydrogen (secondary N) is 1. The fourth-order valence-corrected chi connectivity index (χ4v) is 2.11. The molecule has 0 spiro atoms. The van der Waals surface area contributed by atoms with Crippen LogP contribution in [0.3, 0.4) is 0 Å². The van der Waals surface area contributed by atoms with E-state index in [4.69, 9.17) is 5.84 Å². The van der Waals surface area contributed by atoms with E-state index in [0.717, 1.165) is 5.92 Å². The average molecular weight is 185 g/mol. The van der Waals surface area contributed by atoms with Gasteiger partial charge in [0, 0.05) is 18.6 Å². The normalized spacial score (nSPS) is 31.2. The highest BCUT2D eigenvalue weighted by atomic mass is 15.3. The van der Waals surface area contributed by atoms with Crippen LogP contribution in [0.5, 0.6) is 0 Å². The summed E-state index contributed by atoms with van der Waals surface area (Å²) in [6.07, 6.45) is 2.37. The Morgan fingerprint density at radius 3 is 2.69 bits per heavy atom. The molecule has 1 saturated heterocycles. The van der Waals surface area contributed by atoms with Crippen molar-refractivity contribution in [3.63, 3.8) is 0 Å². The third kappa shape index (κ3) is 3.25. The first-order chi connectivity index (χ1) is 6.13. The Bertz CT molecular complexity index is 147. The van der Waals surface area contributed by atoms with E-state index in [1.807, 2.05) is 0 Å². The molecule has 0 radical (unpaired) electrons. The Morgan fingerprint density at radius 1 is 1.54 bits per heavy atom. The predicted octanol–water partition coefficient (Wildman–Crippen LogP) is 0.959. The molecule has 2 atom stereocenters. The van der Waals surface area contributed by atoms with Crippen molar-refractivity contribution in [2.75, 3.05) is 13.1 Å². The van der Waals surface area contributed by atoms with E-state index < -0.39 is 0 Å². The predicted molar refractivity (Wildman–Crippen MR) is 56.2 cm³/mol. The maximum absolute atomic E-state index is 5.44. The Kier molecular flexibility index (Phi) is 4.16. The molecule has 1 fully saturated rings. The van der Waals surface area contributed by atoms with Gasteiger partial charge in [-0.2, -0.15) is 0 Å². The number of hydrazine groups is 1. The lowest BCUT2D eigenvalue weighted by molar-refractivity contribution is 0.122. The third-order valence-corrected chi connectivity index (χ3v) is 2.85. The summed E-state index contributed by atoms with van der Waals surface area (Å²) in [5, 5.41) is 0. The molecule has 2 unspecified atom stereocenters. The summed E-state index contributed by atoms with van der Waals surface area (Å²) in [5.74, 6) is 6.21. The molecule has 1 heterocycles. The number of likely N-dealkylation sites (tertiary alicyclic amines) is 1. The van der Waals surface area contributed by atoms with Gasteiger partial charge in [-0.25, -0.2) is 0 Å². The SMILES string of the molecule is CC(C)CN1CCC(NN)CC1C. The zero-order valence-corrected chi connectivity index (χ0v) is 9.09. The molecule has 1 rings (SSSR count). The first-order valence-electron chi connectivity index (χ1n) is 5.33. The number of piperidine rings is 1. The minimum absolute atomic E-state index is 0.526. The molecule has 1 aliphatic rings. The van der Waals surface area contributed by atoms with E-state index in [0.29, 0.717) is 12.1 Å². The van der Waals surface area contributed by atoms with Crippen molar-refractivity contribution in [1.29, 1.82) is 0 Å². The van der Waals surface area contributed by atoms with Crippen LogP contribution in [0.2, 0.25) is 0 Å². The zero-order chi connectivity index (χ0) is 9.84. The number of rotatable bonds is 3. The second-order valence-electron chi connectivity index (χ2n) is 4.63. The van der Waals surface area contributed by atoms with Gasteiger partial charge >= 0.3 is 0 Å². The van der Waals surface area contributed by atoms with Crippen LogP contribution in [0.4, 0.5) is 0 Å². The Balaban J connectivity index is 2.35. The molecular formula is C10H23N3. The smallest absolute Gasteiger partial charge is 0.0237 e. The lowest BCUT2D eigenvalue weighted by Gasteiger charge is -2.38. The van der Waals surface area contributed by atoms with Crippen LogP contribution in [0.1, 0.15) is 33.6 Å². The first kappa shape index (κ1) is 11.0. The van der Waals surface area contributed by atoms with Gasteiger partial charge in [-0.15, -0.1) is 0 Å². The minimum Gasteiger partial charge on any atom is -0.300 e. The van der Waals surface area contributed by atoms with E-state index in [-0.39, 0.29) is 0 Å². The largest absolute Gasteiger partial charge is 0.300 e. The minimum atomic E-state index is 0.526. The summed E-state index contributed by atoms with van der Waals surface area (Å²) >= 11 is 0. The zero-order valence-electron chi connectivity index (χ0n) is 9.09. The highest BCUT2D eigenvalue weighted by molar-refractivity contribution is 4.81. The van der Waals surface area contributed by atoms with Crippen LogP contribution >= 0.6 is 0 Å². The molecule has 13 heavy (non-hydrogen) atoms. The van der Waals surface area contributed by atoms with Crippen LogP contribution in [-0.4, -0.2) is 30.1 Å². The molecule has 0 amide bonds. The third-order valence-electron chi connectivity index (χ3n) is 2.85. The van der Waals surface area contributed by atoms with E-state index in [1.54, 1.807) is 0 Å². The molecular weight excluding hydrogens is 162 g/mol. The van der Waals surface area contributed by atoms with Crippen molar-refractivity contribution >= 4 is 0 Å². The standard InChI is InChI=1S/C10H23N3/c1-8(2)7-13-5-4-10(12-11)6-9(13)3/h8-10,12H,4-7,11H2,1-3H3. The summed E-state index contributed by atoms with van der Waals surface area (Å²) in [5.41, 5.74) is 2.88. The summed E-state index contributed by atoms with van der Waals surface area (Å²) in [7, 11) is 0. The van der Waals surface area contributed by atoms with Crippen LogP contribution in [-0.2, 0) is 0 Å². The van der Waals surface area contributed by atoms with E-state index in [9.17, 15) is 0 Å². The van der Waals surface area contributed by atoms with E-state index in [2.05, 4.69) is 31.1 Å². The fraction of sp³-hybridized carbons (Fsp3) is 1.00. The van der Waals surface area contributed by atoms with Crippen molar-refractivity contribution in [2.24, 2.45) is 11.8 Å². The van der Waals surface area contributed by atoms with Gasteiger partial charge in [0.05, 0.1) is 0 Å². The lowest BCUT2D eigenvalue weighted by atomic mass is 9.98. The van der Waals surface area contributed by atoms with Crippen molar-refractivity contribution in [2.45, 2.75) is 45.7 Å². The van der Waals surface area contributed by atoms with Gasteiger partial charge in [0.2, 0.25) is 0 Å². The number of hydrogen-bond donors (Lipinski definition) is 2. The first-order valence-corrected chi connectivity index (χ1v) is 5.33. The summed E-state index contributed by atoms with van der Waals surface area (Å²) in [6, 6.07) is 1.20. The molecule has 3 heteroatoms. The molecule has 3 nitrogen and oxygen atoms in total. The van der Waals surface area contributed by atoms with Gasteiger partial charge in [0.25, 0.3) is 0 Å². The maximum atomic E-state index is 5.44. The average Bonchev–Trinajstić information content (AvgIpc) is 2.08. The molecule has 0 aliphatic carbocycles. The van der Waals surface area contributed by atoms with Gasteiger partial charge in [0.15, 0.2) is 0 Å². The van der Waals surface area contributed by atoms with E-state index in [1.165, 1.54) is 25.9 Å². The maximum Gasteiger partial charge on any atom is 0.0237 e. The second kappa shape index (κ2) is 4.94. The number of hydrogen-bond acceptors (Lipinski definition) is 3. The van der Waals surface area contributed by atoms with Crippen molar-refractivity contribution in [3.05, 3.63) is 0 Å². The number of nitrogens with two attached hydrogens (primary N) is 1. The van der Waals surface area contributed by atoms with Gasteiger partial charge in [0.1, 0.15) is 0 Å². The monoisotopic (exact) mass is 185 g/mol. The molecule has 0 aromatic carbocycles. The topological polar surface area (TPSA) is 41.3 Å². The Labute approximate surface area is 81.6 Å².